The first kappa shape index (κ1) is 100. The third-order valence-corrected chi connectivity index (χ3v) is 43.5. The number of carbonyl (C=O) groups excluding carboxylic acids is 10. The van der Waals surface area contributed by atoms with E-state index >= 15 is 0 Å². The standard InChI is InChI=1S/C27H44N2O4Si.C20H38N2O4Si.C20H35NO6Si.C20H35NO4Si/c1-25(2,3)33-24(31)29-22(20-32-34(7,8)26(4,5)6)18-27(23(29)30)14-16-28(17-15-27)19-21-12-10-9-11-13-21;1-18(2,3)26-17(24)22-15(14-25-27(7,8)19(4,5)6)13-20(16(22)23)9-11-21-12-10-20;1-18(2,3)27-17(25)21-15(14-26-28(7,8)19(4,5)6)13-20(9-11-22,10-12-23)16(21)24;1-18(2,3)25-17(23)21-15(14-24-26(7,8)19(4,5)6)13-20(16(21)22)11-9-10-12-20/h9-13,22H,14-20H2,1-8H3;15,21H,9-14H2,1-8H3;11-12,15H,9-10,13-14H2,1-8H3;9-10,15H,11-14H2,1-8H3. The highest BCUT2D eigenvalue weighted by molar-refractivity contribution is 6.75. The third-order valence-electron chi connectivity index (χ3n) is 25.5. The van der Waals surface area contributed by atoms with E-state index < -0.39 is 114 Å². The highest BCUT2D eigenvalue weighted by Gasteiger charge is 2.60. The van der Waals surface area contributed by atoms with E-state index in [0.29, 0.717) is 64.5 Å². The Balaban J connectivity index is 0.000000275. The number of ether oxygens (including phenoxy) is 4. The first-order chi connectivity index (χ1) is 52.1. The van der Waals surface area contributed by atoms with E-state index in [2.05, 4.69) is 170 Å². The largest absolute Gasteiger partial charge is 0.443 e. The average molecular weight is 1680 g/mol. The van der Waals surface area contributed by atoms with Gasteiger partial charge in [-0.25, -0.2) is 38.8 Å². The number of benzene rings is 1. The van der Waals surface area contributed by atoms with Crippen molar-refractivity contribution in [1.82, 2.24) is 29.8 Å². The molecule has 6 aliphatic heterocycles. The predicted octanol–water partition coefficient (Wildman–Crippen LogP) is 18.3. The molecule has 0 aromatic heterocycles. The van der Waals surface area contributed by atoms with Gasteiger partial charge in [-0.3, -0.25) is 24.1 Å². The van der Waals surface area contributed by atoms with Crippen LogP contribution in [0.2, 0.25) is 72.5 Å². The maximum absolute atomic E-state index is 13.8. The molecule has 3 spiro atoms. The quantitative estimate of drug-likeness (QED) is 0.0619. The van der Waals surface area contributed by atoms with Crippen molar-refractivity contribution >= 4 is 93.8 Å². The van der Waals surface area contributed by atoms with Gasteiger partial charge in [0.05, 0.1) is 72.3 Å². The molecule has 8 amide bonds. The van der Waals surface area contributed by atoms with E-state index in [0.717, 1.165) is 63.3 Å². The van der Waals surface area contributed by atoms with Crippen LogP contribution in [0.5, 0.6) is 0 Å². The van der Waals surface area contributed by atoms with Crippen molar-refractivity contribution < 1.29 is 84.6 Å². The van der Waals surface area contributed by atoms with Gasteiger partial charge in [-0.2, -0.15) is 0 Å². The number of amides is 8. The minimum Gasteiger partial charge on any atom is -0.443 e. The van der Waals surface area contributed by atoms with E-state index in [4.69, 9.17) is 36.7 Å². The van der Waals surface area contributed by atoms with Gasteiger partial charge in [0.2, 0.25) is 23.6 Å². The number of carbonyl (C=O) groups is 10. The highest BCUT2D eigenvalue weighted by atomic mass is 28.4. The van der Waals surface area contributed by atoms with Crippen molar-refractivity contribution in [1.29, 1.82) is 0 Å². The molecule has 0 bridgehead atoms. The predicted molar refractivity (Wildman–Crippen MR) is 461 cm³/mol. The second-order valence-electron chi connectivity index (χ2n) is 43.6. The van der Waals surface area contributed by atoms with Crippen molar-refractivity contribution in [2.75, 3.05) is 52.6 Å². The minimum absolute atomic E-state index is 0.0327. The summed E-state index contributed by atoms with van der Waals surface area (Å²) >= 11 is 0. The molecule has 1 aliphatic carbocycles. The number of rotatable bonds is 18. The Hall–Kier alpha value is -5.31. The summed E-state index contributed by atoms with van der Waals surface area (Å²) in [6.07, 6.45) is 9.36. The van der Waals surface area contributed by atoms with Gasteiger partial charge in [-0.1, -0.05) is 126 Å². The van der Waals surface area contributed by atoms with E-state index in [-0.39, 0.29) is 81.9 Å². The molecule has 0 radical (unpaired) electrons. The van der Waals surface area contributed by atoms with Crippen molar-refractivity contribution in [3.05, 3.63) is 48.0 Å². The number of imide groups is 4. The normalized spacial score (nSPS) is 22.2. The molecule has 8 rings (SSSR count). The number of hydrogen-bond donors (Lipinski definition) is 1. The molecule has 115 heavy (non-hydrogen) atoms. The molecule has 28 heteroatoms. The van der Waals surface area contributed by atoms with Crippen LogP contribution in [0.1, 0.15) is 249 Å². The van der Waals surface area contributed by atoms with Crippen LogP contribution in [0, 0.1) is 21.7 Å². The van der Waals surface area contributed by atoms with E-state index in [1.54, 1.807) is 20.8 Å². The van der Waals surface area contributed by atoms with Gasteiger partial charge in [0.15, 0.2) is 33.3 Å². The fourth-order valence-electron chi connectivity index (χ4n) is 14.5. The van der Waals surface area contributed by atoms with Crippen LogP contribution in [-0.4, -0.2) is 218 Å². The molecule has 4 atom stereocenters. The summed E-state index contributed by atoms with van der Waals surface area (Å²) < 4.78 is 47.7. The van der Waals surface area contributed by atoms with Gasteiger partial charge in [-0.05, 0) is 252 Å². The zero-order chi connectivity index (χ0) is 88.0. The van der Waals surface area contributed by atoms with E-state index in [1.807, 2.05) is 80.5 Å². The topological polar surface area (TPSA) is 273 Å². The maximum atomic E-state index is 13.8. The Morgan fingerprint density at radius 1 is 0.400 bits per heavy atom. The van der Waals surface area contributed by atoms with Gasteiger partial charge >= 0.3 is 24.4 Å². The van der Waals surface area contributed by atoms with Gasteiger partial charge in [0, 0.05) is 19.4 Å². The molecule has 1 N–H and O–H groups in total. The van der Waals surface area contributed by atoms with Crippen LogP contribution < -0.4 is 5.32 Å². The Morgan fingerprint density at radius 2 is 0.670 bits per heavy atom. The van der Waals surface area contributed by atoms with Crippen molar-refractivity contribution in [3.8, 4) is 0 Å². The molecule has 7 aliphatic rings. The number of likely N-dealkylation sites (tertiary alicyclic amines) is 5. The Bertz CT molecular complexity index is 3550. The van der Waals surface area contributed by atoms with Crippen LogP contribution in [0.4, 0.5) is 19.2 Å². The molecule has 24 nitrogen and oxygen atoms in total. The highest BCUT2D eigenvalue weighted by Crippen LogP contribution is 2.51. The average Bonchev–Trinajstić information content (AvgIpc) is 1.62. The first-order valence-electron chi connectivity index (χ1n) is 41.9. The summed E-state index contributed by atoms with van der Waals surface area (Å²) in [5.74, 6) is -0.808. The summed E-state index contributed by atoms with van der Waals surface area (Å²) in [7, 11) is -8.07. The first-order valence-corrected chi connectivity index (χ1v) is 53.6. The lowest BCUT2D eigenvalue weighted by Crippen LogP contribution is -2.49. The molecule has 6 fully saturated rings. The monoisotopic (exact) mass is 1680 g/mol. The van der Waals surface area contributed by atoms with Gasteiger partial charge in [-0.15, -0.1) is 0 Å². The number of hydrogen-bond acceptors (Lipinski definition) is 20. The van der Waals surface area contributed by atoms with Gasteiger partial charge in [0.25, 0.3) is 0 Å². The Kier molecular flexibility index (Phi) is 32.6. The lowest BCUT2D eigenvalue weighted by atomic mass is 9.76. The fourth-order valence-corrected chi connectivity index (χ4v) is 18.7. The van der Waals surface area contributed by atoms with Crippen molar-refractivity contribution in [3.63, 3.8) is 0 Å². The zero-order valence-corrected chi connectivity index (χ0v) is 80.9. The molecular weight excluding hydrogens is 1530 g/mol. The van der Waals surface area contributed by atoms with Crippen molar-refractivity contribution in [2.45, 2.75) is 369 Å². The van der Waals surface area contributed by atoms with Crippen LogP contribution in [0.3, 0.4) is 0 Å². The van der Waals surface area contributed by atoms with E-state index in [9.17, 15) is 47.9 Å². The van der Waals surface area contributed by atoms with Crippen LogP contribution in [-0.2, 0) is 72.0 Å². The number of nitrogens with zero attached hydrogens (tertiary/aromatic N) is 5. The molecule has 6 saturated heterocycles. The summed E-state index contributed by atoms with van der Waals surface area (Å²) in [4.78, 5) is 135. The zero-order valence-electron chi connectivity index (χ0n) is 76.9. The van der Waals surface area contributed by atoms with Crippen LogP contribution in [0.15, 0.2) is 42.5 Å². The SMILES string of the molecule is CC(C)(C)OC(=O)N1C(=O)C(CC=O)(CC=O)CC1CO[Si](C)(C)C(C)(C)C.CC(C)(C)OC(=O)N1C(=O)C2(CC=CC2)CC1CO[Si](C)(C)C(C)(C)C.CC(C)(C)OC(=O)N1C(=O)C2(CCN(Cc3ccccc3)CC2)CC1CO[Si](C)(C)C(C)(C)C.CC(C)(C)OC(=O)N1C(=O)C2(CCNCC2)CC1CO[Si](C)(C)C(C)(C)C. The number of allylic oxidation sites excluding steroid dienone is 2. The summed E-state index contributed by atoms with van der Waals surface area (Å²) in [6.45, 7) is 70.6. The number of piperidine rings is 2. The Labute approximate surface area is 695 Å². The van der Waals surface area contributed by atoms with Crippen molar-refractivity contribution in [2.24, 2.45) is 21.7 Å². The maximum Gasteiger partial charge on any atom is 0.417 e. The lowest BCUT2D eigenvalue weighted by molar-refractivity contribution is -0.139. The third kappa shape index (κ3) is 26.1. The summed E-state index contributed by atoms with van der Waals surface area (Å²) in [6, 6.07) is 9.08. The molecule has 654 valence electrons. The van der Waals surface area contributed by atoms with Crippen LogP contribution >= 0.6 is 0 Å². The summed E-state index contributed by atoms with van der Waals surface area (Å²) in [5.41, 5.74) is -4.07. The lowest BCUT2D eigenvalue weighted by Gasteiger charge is -2.38. The summed E-state index contributed by atoms with van der Waals surface area (Å²) in [5, 5.41) is 3.51. The van der Waals surface area contributed by atoms with Gasteiger partial charge in [0.1, 0.15) is 35.0 Å². The van der Waals surface area contributed by atoms with E-state index in [1.165, 1.54) is 20.3 Å². The fraction of sp³-hybridized carbons (Fsp3) is 0.793. The smallest absolute Gasteiger partial charge is 0.417 e. The molecule has 1 aromatic carbocycles. The minimum atomic E-state index is -2.12. The molecule has 1 aromatic rings. The number of aldehydes is 2. The second kappa shape index (κ2) is 37.4. The molecular formula is C87H152N6O18Si4. The molecule has 0 saturated carbocycles. The van der Waals surface area contributed by atoms with Crippen LogP contribution in [0.25, 0.3) is 0 Å². The molecule has 6 heterocycles. The Morgan fingerprint density at radius 3 is 0.957 bits per heavy atom. The number of nitrogens with one attached hydrogen (secondary N) is 1. The molecule has 4 unspecified atom stereocenters. The van der Waals surface area contributed by atoms with Gasteiger partial charge < -0.3 is 51.6 Å². The second-order valence-corrected chi connectivity index (χ2v) is 62.8.